The van der Waals surface area contributed by atoms with Crippen LogP contribution in [-0.4, -0.2) is 19.2 Å². The highest BCUT2D eigenvalue weighted by molar-refractivity contribution is 7.90. The average Bonchev–Trinajstić information content (AvgIpc) is 3.21. The van der Waals surface area contributed by atoms with Crippen LogP contribution in [0.15, 0.2) is 76.7 Å². The van der Waals surface area contributed by atoms with Crippen molar-refractivity contribution in [1.82, 2.24) is 9.71 Å². The normalized spacial score (nSPS) is 17.0. The van der Waals surface area contributed by atoms with Crippen molar-refractivity contribution >= 4 is 26.8 Å². The summed E-state index contributed by atoms with van der Waals surface area (Å²) in [6.07, 6.45) is 1.96. The summed E-state index contributed by atoms with van der Waals surface area (Å²) in [5.41, 5.74) is 3.15. The quantitative estimate of drug-likeness (QED) is 0.444. The van der Waals surface area contributed by atoms with Gasteiger partial charge in [-0.3, -0.25) is 9.71 Å². The van der Waals surface area contributed by atoms with Crippen LogP contribution in [0.25, 0.3) is 10.9 Å². The Morgan fingerprint density at radius 2 is 1.88 bits per heavy atom. The molecule has 4 aromatic rings. The van der Waals surface area contributed by atoms with E-state index in [1.807, 2.05) is 37.4 Å². The predicted octanol–water partition coefficient (Wildman–Crippen LogP) is 5.03. The lowest BCUT2D eigenvalue weighted by molar-refractivity contribution is 0.580. The molecule has 0 saturated carbocycles. The molecule has 0 radical (unpaired) electrons. The second-order valence-electron chi connectivity index (χ2n) is 8.12. The van der Waals surface area contributed by atoms with Gasteiger partial charge in [0.1, 0.15) is 17.5 Å². The third-order valence-electron chi connectivity index (χ3n) is 6.01. The Hall–Kier alpha value is -3.52. The number of fused-ring (bicyclic) bond motifs is 2. The van der Waals surface area contributed by atoms with Crippen LogP contribution in [0.3, 0.4) is 0 Å². The lowest BCUT2D eigenvalue weighted by atomic mass is 9.87. The molecular weight excluding hydrogens is 444 g/mol. The average molecular weight is 466 g/mol. The maximum Gasteiger partial charge on any atom is 0.263 e. The number of rotatable bonds is 4. The minimum atomic E-state index is -3.92. The van der Waals surface area contributed by atoms with Crippen LogP contribution in [0.1, 0.15) is 35.1 Å². The monoisotopic (exact) mass is 465 g/mol. The Morgan fingerprint density at radius 3 is 2.70 bits per heavy atom. The minimum Gasteiger partial charge on any atom is -0.361 e. The fraction of sp³-hybridized carbons (Fsp3) is 0.160. The molecule has 0 aliphatic carbocycles. The van der Waals surface area contributed by atoms with E-state index in [0.717, 1.165) is 16.5 Å². The Morgan fingerprint density at radius 1 is 1.06 bits per heavy atom. The Bertz CT molecular complexity index is 1510. The zero-order valence-corrected chi connectivity index (χ0v) is 18.6. The standard InChI is InChI=1S/C25H21F2N3O2S/c1-15(20-14-28-22-8-3-2-7-18(20)22)25-19-12-24(29-13-16-5-4-6-17(26)11-16)30-33(31,32)23(19)10-9-21(25)27/h2-11,14-15,28H,12-13H2,1H3,(H,29,30)/t15-/m1/s1. The lowest BCUT2D eigenvalue weighted by Gasteiger charge is -2.25. The number of hydrogen-bond donors (Lipinski definition) is 2. The molecule has 0 amide bonds. The first kappa shape index (κ1) is 21.3. The number of nitrogens with zero attached hydrogens (tertiary/aromatic N) is 1. The fourth-order valence-corrected chi connectivity index (χ4v) is 5.76. The lowest BCUT2D eigenvalue weighted by Crippen LogP contribution is -2.38. The SMILES string of the molecule is C[C@@H](c1c(F)ccc2c1CC(=NCc1cccc(F)c1)NS2(=O)=O)c1c[nH]c2ccccc12. The molecule has 0 spiro atoms. The van der Waals surface area contributed by atoms with Gasteiger partial charge in [0.05, 0.1) is 11.4 Å². The van der Waals surface area contributed by atoms with E-state index < -0.39 is 21.8 Å². The molecule has 0 bridgehead atoms. The molecule has 1 aliphatic heterocycles. The first-order valence-corrected chi connectivity index (χ1v) is 12.0. The van der Waals surface area contributed by atoms with E-state index in [-0.39, 0.29) is 29.5 Å². The second-order valence-corrected chi connectivity index (χ2v) is 9.77. The van der Waals surface area contributed by atoms with E-state index >= 15 is 4.39 Å². The molecule has 8 heteroatoms. The summed E-state index contributed by atoms with van der Waals surface area (Å²) in [5, 5.41) is 0.957. The first-order chi connectivity index (χ1) is 15.8. The molecule has 2 N–H and O–H groups in total. The summed E-state index contributed by atoms with van der Waals surface area (Å²) in [6, 6.07) is 16.2. The number of nitrogens with one attached hydrogen (secondary N) is 2. The van der Waals surface area contributed by atoms with E-state index in [4.69, 9.17) is 0 Å². The van der Waals surface area contributed by atoms with Gasteiger partial charge in [-0.1, -0.05) is 37.3 Å². The van der Waals surface area contributed by atoms with Crippen molar-refractivity contribution in [3.63, 3.8) is 0 Å². The molecule has 33 heavy (non-hydrogen) atoms. The molecule has 5 rings (SSSR count). The molecule has 2 heterocycles. The van der Waals surface area contributed by atoms with Crippen molar-refractivity contribution < 1.29 is 17.2 Å². The molecule has 0 saturated heterocycles. The summed E-state index contributed by atoms with van der Waals surface area (Å²) in [6.45, 7) is 1.97. The maximum absolute atomic E-state index is 15.2. The van der Waals surface area contributed by atoms with Crippen LogP contribution >= 0.6 is 0 Å². The van der Waals surface area contributed by atoms with Gasteiger partial charge in [0.2, 0.25) is 0 Å². The number of H-pyrrole nitrogens is 1. The zero-order chi connectivity index (χ0) is 23.2. The van der Waals surface area contributed by atoms with Gasteiger partial charge in [0, 0.05) is 35.0 Å². The zero-order valence-electron chi connectivity index (χ0n) is 17.8. The summed E-state index contributed by atoms with van der Waals surface area (Å²) in [4.78, 5) is 7.61. The van der Waals surface area contributed by atoms with Crippen molar-refractivity contribution in [3.05, 3.63) is 101 Å². The van der Waals surface area contributed by atoms with Crippen LogP contribution in [-0.2, 0) is 23.0 Å². The number of sulfonamides is 1. The number of halogens is 2. The molecule has 0 unspecified atom stereocenters. The largest absolute Gasteiger partial charge is 0.361 e. The van der Waals surface area contributed by atoms with Gasteiger partial charge in [0.15, 0.2) is 0 Å². The molecule has 3 aromatic carbocycles. The van der Waals surface area contributed by atoms with Gasteiger partial charge in [-0.2, -0.15) is 0 Å². The first-order valence-electron chi connectivity index (χ1n) is 10.5. The number of aliphatic imine (C=N–C) groups is 1. The van der Waals surface area contributed by atoms with Crippen molar-refractivity contribution in [2.45, 2.75) is 30.7 Å². The third-order valence-corrected chi connectivity index (χ3v) is 7.47. The summed E-state index contributed by atoms with van der Waals surface area (Å²) in [5.74, 6) is -1.05. The van der Waals surface area contributed by atoms with Crippen molar-refractivity contribution in [3.8, 4) is 0 Å². The fourth-order valence-electron chi connectivity index (χ4n) is 4.45. The van der Waals surface area contributed by atoms with E-state index in [0.29, 0.717) is 16.7 Å². The highest BCUT2D eigenvalue weighted by Crippen LogP contribution is 2.37. The van der Waals surface area contributed by atoms with Crippen molar-refractivity contribution in [2.75, 3.05) is 0 Å². The minimum absolute atomic E-state index is 0.0512. The number of aromatic amines is 1. The smallest absolute Gasteiger partial charge is 0.263 e. The summed E-state index contributed by atoms with van der Waals surface area (Å²) < 4.78 is 57.1. The number of aromatic nitrogens is 1. The van der Waals surface area contributed by atoms with E-state index in [1.54, 1.807) is 12.1 Å². The van der Waals surface area contributed by atoms with Crippen molar-refractivity contribution in [1.29, 1.82) is 0 Å². The Balaban J connectivity index is 1.58. The van der Waals surface area contributed by atoms with Gasteiger partial charge in [0.25, 0.3) is 10.0 Å². The van der Waals surface area contributed by atoms with Gasteiger partial charge in [-0.05, 0) is 47.0 Å². The highest BCUT2D eigenvalue weighted by atomic mass is 32.2. The van der Waals surface area contributed by atoms with Gasteiger partial charge in [-0.15, -0.1) is 0 Å². The topological polar surface area (TPSA) is 74.3 Å². The summed E-state index contributed by atoms with van der Waals surface area (Å²) >= 11 is 0. The molecule has 1 aliphatic rings. The van der Waals surface area contributed by atoms with Crippen LogP contribution < -0.4 is 4.72 Å². The van der Waals surface area contributed by atoms with E-state index in [2.05, 4.69) is 14.7 Å². The maximum atomic E-state index is 15.2. The Labute approximate surface area is 190 Å². The van der Waals surface area contributed by atoms with Gasteiger partial charge in [-0.25, -0.2) is 17.2 Å². The van der Waals surface area contributed by atoms with E-state index in [9.17, 15) is 12.8 Å². The van der Waals surface area contributed by atoms with Crippen LogP contribution in [0.2, 0.25) is 0 Å². The van der Waals surface area contributed by atoms with Crippen LogP contribution in [0.4, 0.5) is 8.78 Å². The molecule has 5 nitrogen and oxygen atoms in total. The van der Waals surface area contributed by atoms with Gasteiger partial charge < -0.3 is 4.98 Å². The highest BCUT2D eigenvalue weighted by Gasteiger charge is 2.32. The molecule has 168 valence electrons. The second kappa shape index (κ2) is 8.12. The number of para-hydroxylation sites is 1. The predicted molar refractivity (Wildman–Crippen MR) is 124 cm³/mol. The van der Waals surface area contributed by atoms with Crippen LogP contribution in [0, 0.1) is 11.6 Å². The van der Waals surface area contributed by atoms with Crippen molar-refractivity contribution in [2.24, 2.45) is 4.99 Å². The molecule has 1 atom stereocenters. The molecule has 1 aromatic heterocycles. The van der Waals surface area contributed by atoms with E-state index in [1.165, 1.54) is 24.3 Å². The number of amidine groups is 1. The van der Waals surface area contributed by atoms with Crippen LogP contribution in [0.5, 0.6) is 0 Å². The van der Waals surface area contributed by atoms with Gasteiger partial charge >= 0.3 is 0 Å². The molecule has 0 fully saturated rings. The molecular formula is C25H21F2N3O2S. The third kappa shape index (κ3) is 3.91. The Kier molecular flexibility index (Phi) is 5.25. The summed E-state index contributed by atoms with van der Waals surface area (Å²) in [7, 11) is -3.92. The number of hydrogen-bond acceptors (Lipinski definition) is 3. The number of benzene rings is 3.